The van der Waals surface area contributed by atoms with E-state index < -0.39 is 5.97 Å². The molecule has 6 heteroatoms. The van der Waals surface area contributed by atoms with Crippen molar-refractivity contribution in [2.45, 2.75) is 32.7 Å². The lowest BCUT2D eigenvalue weighted by molar-refractivity contribution is -0.137. The van der Waals surface area contributed by atoms with Crippen molar-refractivity contribution < 1.29 is 14.7 Å². The highest BCUT2D eigenvalue weighted by molar-refractivity contribution is 5.80. The molecule has 1 atom stereocenters. The van der Waals surface area contributed by atoms with Gasteiger partial charge in [-0.25, -0.2) is 4.79 Å². The molecule has 1 heterocycles. The molecule has 1 aliphatic rings. The molecule has 0 aromatic rings. The molecular weight excluding hydrogens is 246 g/mol. The maximum Gasteiger partial charge on any atom is 0.323 e. The summed E-state index contributed by atoms with van der Waals surface area (Å²) in [6.45, 7) is 5.79. The number of likely N-dealkylation sites (N-methyl/N-ethyl adjacent to an activating group) is 1. The van der Waals surface area contributed by atoms with Gasteiger partial charge in [-0.15, -0.1) is 0 Å². The summed E-state index contributed by atoms with van der Waals surface area (Å²) in [5.41, 5.74) is 0. The van der Waals surface area contributed by atoms with Gasteiger partial charge in [-0.2, -0.15) is 0 Å². The van der Waals surface area contributed by atoms with Crippen molar-refractivity contribution in [3.63, 3.8) is 0 Å². The molecule has 6 nitrogen and oxygen atoms in total. The second-order valence-corrected chi connectivity index (χ2v) is 5.63. The van der Waals surface area contributed by atoms with E-state index in [1.165, 1.54) is 4.90 Å². The van der Waals surface area contributed by atoms with Crippen LogP contribution in [0, 0.1) is 5.92 Å². The molecule has 1 unspecified atom stereocenters. The minimum Gasteiger partial charge on any atom is -0.480 e. The highest BCUT2D eigenvalue weighted by Crippen LogP contribution is 2.13. The molecule has 19 heavy (non-hydrogen) atoms. The van der Waals surface area contributed by atoms with E-state index in [4.69, 9.17) is 5.11 Å². The first kappa shape index (κ1) is 15.8. The quantitative estimate of drug-likeness (QED) is 0.750. The Morgan fingerprint density at radius 3 is 2.63 bits per heavy atom. The summed E-state index contributed by atoms with van der Waals surface area (Å²) in [6, 6.07) is 0.0890. The minimum absolute atomic E-state index is 0.246. The number of hydrogen-bond donors (Lipinski definition) is 2. The van der Waals surface area contributed by atoms with Gasteiger partial charge in [0.1, 0.15) is 6.54 Å². The van der Waals surface area contributed by atoms with Gasteiger partial charge in [-0.05, 0) is 32.4 Å². The second-order valence-electron chi connectivity index (χ2n) is 5.63. The van der Waals surface area contributed by atoms with Crippen LogP contribution in [0.4, 0.5) is 4.79 Å². The van der Waals surface area contributed by atoms with E-state index in [0.29, 0.717) is 19.1 Å². The molecule has 1 aliphatic heterocycles. The predicted molar refractivity (Wildman–Crippen MR) is 73.1 cm³/mol. The molecule has 2 amide bonds. The highest BCUT2D eigenvalue weighted by Gasteiger charge is 2.23. The molecule has 0 saturated carbocycles. The van der Waals surface area contributed by atoms with Crippen LogP contribution in [0.2, 0.25) is 0 Å². The molecule has 0 aromatic heterocycles. The van der Waals surface area contributed by atoms with Gasteiger partial charge >= 0.3 is 12.0 Å². The maximum atomic E-state index is 12.0. The molecule has 0 spiro atoms. The summed E-state index contributed by atoms with van der Waals surface area (Å²) in [7, 11) is 2.05. The number of urea groups is 1. The average Bonchev–Trinajstić information content (AvgIpc) is 2.69. The van der Waals surface area contributed by atoms with Gasteiger partial charge in [0.05, 0.1) is 0 Å². The number of carbonyl (C=O) groups is 2. The number of nitrogens with zero attached hydrogens (tertiary/aromatic N) is 2. The zero-order valence-corrected chi connectivity index (χ0v) is 12.1. The fraction of sp³-hybridized carbons (Fsp3) is 0.846. The van der Waals surface area contributed by atoms with Crippen LogP contribution >= 0.6 is 0 Å². The van der Waals surface area contributed by atoms with Crippen LogP contribution in [0.5, 0.6) is 0 Å². The van der Waals surface area contributed by atoms with Crippen LogP contribution in [-0.4, -0.2) is 66.2 Å². The lowest BCUT2D eigenvalue weighted by atomic mass is 10.2. The lowest BCUT2D eigenvalue weighted by Gasteiger charge is -2.25. The van der Waals surface area contributed by atoms with Crippen LogP contribution in [0.15, 0.2) is 0 Å². The third-order valence-corrected chi connectivity index (χ3v) is 3.36. The number of nitrogens with one attached hydrogen (secondary N) is 1. The van der Waals surface area contributed by atoms with Gasteiger partial charge in [-0.3, -0.25) is 4.79 Å². The number of aliphatic carboxylic acids is 1. The van der Waals surface area contributed by atoms with Crippen LogP contribution in [0.3, 0.4) is 0 Å². The number of carboxylic acids is 1. The summed E-state index contributed by atoms with van der Waals surface area (Å²) < 4.78 is 0. The second kappa shape index (κ2) is 7.33. The Bertz CT molecular complexity index is 320. The first-order valence-electron chi connectivity index (χ1n) is 6.85. The number of rotatable bonds is 6. The normalized spacial score (nSPS) is 19.7. The van der Waals surface area contributed by atoms with Crippen LogP contribution in [0.1, 0.15) is 26.7 Å². The van der Waals surface area contributed by atoms with E-state index in [9.17, 15) is 9.59 Å². The van der Waals surface area contributed by atoms with Gasteiger partial charge in [0.15, 0.2) is 0 Å². The van der Waals surface area contributed by atoms with Gasteiger partial charge in [0, 0.05) is 19.1 Å². The zero-order chi connectivity index (χ0) is 14.4. The Balaban J connectivity index is 2.44. The third-order valence-electron chi connectivity index (χ3n) is 3.36. The van der Waals surface area contributed by atoms with Crippen LogP contribution < -0.4 is 5.32 Å². The monoisotopic (exact) mass is 271 g/mol. The summed E-state index contributed by atoms with van der Waals surface area (Å²) in [5, 5.41) is 11.7. The van der Waals surface area contributed by atoms with Crippen LogP contribution in [-0.2, 0) is 4.79 Å². The van der Waals surface area contributed by atoms with Gasteiger partial charge < -0.3 is 20.2 Å². The Kier molecular flexibility index (Phi) is 6.08. The van der Waals surface area contributed by atoms with Crippen molar-refractivity contribution >= 4 is 12.0 Å². The molecule has 0 radical (unpaired) electrons. The smallest absolute Gasteiger partial charge is 0.323 e. The van der Waals surface area contributed by atoms with E-state index in [2.05, 4.69) is 10.2 Å². The minimum atomic E-state index is -0.978. The maximum absolute atomic E-state index is 12.0. The fourth-order valence-corrected chi connectivity index (χ4v) is 2.38. The van der Waals surface area contributed by atoms with E-state index in [1.54, 1.807) is 0 Å². The van der Waals surface area contributed by atoms with E-state index in [-0.39, 0.29) is 18.5 Å². The largest absolute Gasteiger partial charge is 0.480 e. The summed E-state index contributed by atoms with van der Waals surface area (Å²) in [5.74, 6) is -0.729. The summed E-state index contributed by atoms with van der Waals surface area (Å²) >= 11 is 0. The van der Waals surface area contributed by atoms with Crippen molar-refractivity contribution in [3.05, 3.63) is 0 Å². The molecule has 110 valence electrons. The van der Waals surface area contributed by atoms with E-state index in [0.717, 1.165) is 19.4 Å². The Labute approximate surface area is 114 Å². The topological polar surface area (TPSA) is 72.9 Å². The number of carbonyl (C=O) groups excluding carboxylic acids is 1. The van der Waals surface area contributed by atoms with Crippen LogP contribution in [0.25, 0.3) is 0 Å². The number of carboxylic acid groups (broad SMARTS) is 1. The molecule has 0 aliphatic carbocycles. The first-order valence-corrected chi connectivity index (χ1v) is 6.85. The average molecular weight is 271 g/mol. The molecule has 0 aromatic carbocycles. The number of likely N-dealkylation sites (tertiary alicyclic amines) is 1. The van der Waals surface area contributed by atoms with Gasteiger partial charge in [-0.1, -0.05) is 13.8 Å². The van der Waals surface area contributed by atoms with Gasteiger partial charge in [0.25, 0.3) is 0 Å². The van der Waals surface area contributed by atoms with Gasteiger partial charge in [0.2, 0.25) is 0 Å². The predicted octanol–water partition coefficient (Wildman–Crippen LogP) is 0.833. The molecule has 1 fully saturated rings. The fourth-order valence-electron chi connectivity index (χ4n) is 2.38. The molecule has 1 saturated heterocycles. The number of amides is 2. The summed E-state index contributed by atoms with van der Waals surface area (Å²) in [4.78, 5) is 26.4. The molecular formula is C13H25N3O3. The zero-order valence-electron chi connectivity index (χ0n) is 12.1. The molecule has 0 bridgehead atoms. The van der Waals surface area contributed by atoms with E-state index >= 15 is 0 Å². The van der Waals surface area contributed by atoms with Crippen molar-refractivity contribution in [2.24, 2.45) is 5.92 Å². The Morgan fingerprint density at radius 2 is 2.16 bits per heavy atom. The van der Waals surface area contributed by atoms with Crippen molar-refractivity contribution in [2.75, 3.05) is 33.2 Å². The van der Waals surface area contributed by atoms with Crippen molar-refractivity contribution in [1.29, 1.82) is 0 Å². The Morgan fingerprint density at radius 1 is 1.47 bits per heavy atom. The molecule has 2 N–H and O–H groups in total. The molecule has 1 rings (SSSR count). The van der Waals surface area contributed by atoms with Crippen molar-refractivity contribution in [1.82, 2.24) is 15.1 Å². The SMILES string of the molecule is CC(C)CN(CC(=O)O)C(=O)NCC1CCCN1C. The lowest BCUT2D eigenvalue weighted by Crippen LogP contribution is -2.47. The first-order chi connectivity index (χ1) is 8.90. The number of hydrogen-bond acceptors (Lipinski definition) is 3. The van der Waals surface area contributed by atoms with E-state index in [1.807, 2.05) is 20.9 Å². The third kappa shape index (κ3) is 5.46. The summed E-state index contributed by atoms with van der Waals surface area (Å²) in [6.07, 6.45) is 2.24. The van der Waals surface area contributed by atoms with Crippen molar-refractivity contribution in [3.8, 4) is 0 Å². The Hall–Kier alpha value is -1.30. The standard InChI is InChI=1S/C13H25N3O3/c1-10(2)8-16(9-12(17)18)13(19)14-7-11-5-4-6-15(11)3/h10-11H,4-9H2,1-3H3,(H,14,19)(H,17,18). The highest BCUT2D eigenvalue weighted by atomic mass is 16.4.